The average molecular weight is 466 g/mol. The van der Waals surface area contributed by atoms with Gasteiger partial charge in [-0.3, -0.25) is 0 Å². The third-order valence-corrected chi connectivity index (χ3v) is 6.38. The second-order valence-corrected chi connectivity index (χ2v) is 8.70. The molecule has 0 saturated carbocycles. The van der Waals surface area contributed by atoms with Crippen LogP contribution < -0.4 is 10.0 Å². The molecular weight excluding hydrogens is 448 g/mol. The molecule has 12 heteroatoms. The van der Waals surface area contributed by atoms with Crippen molar-refractivity contribution in [3.05, 3.63) is 46.1 Å². The Hall–Kier alpha value is -1.05. The van der Waals surface area contributed by atoms with Gasteiger partial charge in [-0.2, -0.15) is 26.7 Å². The second-order valence-electron chi connectivity index (χ2n) is 7.07. The van der Waals surface area contributed by atoms with Crippen molar-refractivity contribution in [1.82, 2.24) is 14.9 Å². The molecule has 2 amide bonds. The summed E-state index contributed by atoms with van der Waals surface area (Å²) in [4.78, 5) is 12.4. The van der Waals surface area contributed by atoms with Gasteiger partial charge in [0.25, 0.3) is 10.0 Å². The standard InChI is InChI=1S/C18H17F3N4O3S.K/c19-18(20,21)12-8-15(24-22-9-12)29(27,28)25-17(26)23-16-13-5-1-3-10(13)7-11-4-2-6-14(11)16;/h7-9H,1-6H2,(H2,23,25,26);. The Morgan fingerprint density at radius 2 is 1.60 bits per heavy atom. The number of amides is 2. The second kappa shape index (κ2) is 8.83. The SMILES string of the molecule is O=C(Nc1c2c(cc3c1CCC3)CCC2)NS(=O)(=O)c1cc(C(F)(F)F)cnn1.[K]. The van der Waals surface area contributed by atoms with Crippen molar-refractivity contribution in [1.29, 1.82) is 0 Å². The largest absolute Gasteiger partial charge is 0.418 e. The van der Waals surface area contributed by atoms with Crippen molar-refractivity contribution in [3.8, 4) is 0 Å². The Balaban J connectivity index is 0.00000256. The minimum atomic E-state index is -4.78. The Labute approximate surface area is 213 Å². The Bertz CT molecular complexity index is 1070. The molecular formula is C18H17F3KN4O3S. The molecule has 2 aliphatic carbocycles. The first-order chi connectivity index (χ1) is 13.6. The van der Waals surface area contributed by atoms with E-state index in [2.05, 4.69) is 21.6 Å². The molecule has 7 nitrogen and oxygen atoms in total. The molecule has 1 radical (unpaired) electrons. The monoisotopic (exact) mass is 465 g/mol. The first kappa shape index (κ1) is 23.6. The average Bonchev–Trinajstić information content (AvgIpc) is 3.29. The van der Waals surface area contributed by atoms with Gasteiger partial charge in [0.05, 0.1) is 11.8 Å². The van der Waals surface area contributed by atoms with Crippen molar-refractivity contribution < 1.29 is 26.4 Å². The molecule has 0 bridgehead atoms. The van der Waals surface area contributed by atoms with Crippen LogP contribution in [0.15, 0.2) is 23.4 Å². The number of aryl methyl sites for hydroxylation is 2. The number of aromatic nitrogens is 2. The number of fused-ring (bicyclic) bond motifs is 2. The van der Waals surface area contributed by atoms with E-state index in [0.717, 1.165) is 60.8 Å². The molecule has 0 spiro atoms. The van der Waals surface area contributed by atoms with Crippen molar-refractivity contribution in [3.63, 3.8) is 0 Å². The van der Waals surface area contributed by atoms with E-state index in [-0.39, 0.29) is 51.4 Å². The fraction of sp³-hybridized carbons (Fsp3) is 0.389. The van der Waals surface area contributed by atoms with Crippen LogP contribution in [0.1, 0.15) is 40.7 Å². The number of sulfonamides is 1. The fourth-order valence-corrected chi connectivity index (χ4v) is 4.75. The number of carbonyl (C=O) groups is 1. The molecule has 0 unspecified atom stereocenters. The predicted octanol–water partition coefficient (Wildman–Crippen LogP) is 2.60. The smallest absolute Gasteiger partial charge is 0.307 e. The molecule has 1 aromatic carbocycles. The van der Waals surface area contributed by atoms with Crippen molar-refractivity contribution in [2.45, 2.75) is 49.7 Å². The van der Waals surface area contributed by atoms with Crippen LogP contribution in [0.3, 0.4) is 0 Å². The van der Waals surface area contributed by atoms with Gasteiger partial charge in [0.1, 0.15) is 0 Å². The molecule has 30 heavy (non-hydrogen) atoms. The summed E-state index contributed by atoms with van der Waals surface area (Å²) in [5.41, 5.74) is 3.64. The first-order valence-corrected chi connectivity index (χ1v) is 10.5. The quantitative estimate of drug-likeness (QED) is 0.679. The molecule has 0 fully saturated rings. The van der Waals surface area contributed by atoms with Gasteiger partial charge in [0, 0.05) is 57.1 Å². The van der Waals surface area contributed by atoms with Crippen molar-refractivity contribution in [2.24, 2.45) is 0 Å². The van der Waals surface area contributed by atoms with Crippen molar-refractivity contribution in [2.75, 3.05) is 5.32 Å². The molecule has 4 rings (SSSR count). The summed E-state index contributed by atoms with van der Waals surface area (Å²) in [5.74, 6) is 0. The fourth-order valence-electron chi connectivity index (χ4n) is 3.91. The maximum absolute atomic E-state index is 12.8. The van der Waals surface area contributed by atoms with E-state index in [1.807, 2.05) is 0 Å². The molecule has 2 N–H and O–H groups in total. The van der Waals surface area contributed by atoms with Crippen LogP contribution >= 0.6 is 0 Å². The van der Waals surface area contributed by atoms with Crippen LogP contribution in [0.25, 0.3) is 0 Å². The van der Waals surface area contributed by atoms with E-state index in [1.165, 1.54) is 0 Å². The summed E-state index contributed by atoms with van der Waals surface area (Å²) in [6, 6.07) is 1.45. The minimum Gasteiger partial charge on any atom is -0.307 e. The number of hydrogen-bond acceptors (Lipinski definition) is 5. The van der Waals surface area contributed by atoms with Gasteiger partial charge < -0.3 is 5.32 Å². The van der Waals surface area contributed by atoms with E-state index in [1.54, 1.807) is 4.72 Å². The van der Waals surface area contributed by atoms with Gasteiger partial charge in [-0.1, -0.05) is 6.07 Å². The number of alkyl halides is 3. The molecule has 1 aromatic heterocycles. The van der Waals surface area contributed by atoms with Gasteiger partial charge in [-0.15, -0.1) is 5.10 Å². The first-order valence-electron chi connectivity index (χ1n) is 9.05. The molecule has 0 atom stereocenters. The van der Waals surface area contributed by atoms with E-state index in [0.29, 0.717) is 18.0 Å². The van der Waals surface area contributed by atoms with E-state index in [4.69, 9.17) is 0 Å². The van der Waals surface area contributed by atoms with Gasteiger partial charge >= 0.3 is 12.2 Å². The van der Waals surface area contributed by atoms with Gasteiger partial charge in [-0.05, 0) is 66.8 Å². The van der Waals surface area contributed by atoms with Crippen LogP contribution in [0, 0.1) is 0 Å². The number of benzene rings is 1. The third-order valence-electron chi connectivity index (χ3n) is 5.17. The maximum atomic E-state index is 12.8. The van der Waals surface area contributed by atoms with Crippen LogP contribution in [0.2, 0.25) is 0 Å². The summed E-state index contributed by atoms with van der Waals surface area (Å²) in [6.07, 6.45) is 0.894. The van der Waals surface area contributed by atoms with E-state index < -0.39 is 32.8 Å². The summed E-state index contributed by atoms with van der Waals surface area (Å²) in [6.45, 7) is 0. The molecule has 2 aliphatic rings. The Morgan fingerprint density at radius 1 is 1.00 bits per heavy atom. The molecule has 1 heterocycles. The number of nitrogens with zero attached hydrogens (tertiary/aromatic N) is 2. The number of carbonyl (C=O) groups excluding carboxylic acids is 1. The van der Waals surface area contributed by atoms with Crippen LogP contribution in [0.4, 0.5) is 23.7 Å². The molecule has 2 aromatic rings. The van der Waals surface area contributed by atoms with E-state index >= 15 is 0 Å². The number of anilines is 1. The number of rotatable bonds is 3. The van der Waals surface area contributed by atoms with Crippen LogP contribution in [0.5, 0.6) is 0 Å². The summed E-state index contributed by atoms with van der Waals surface area (Å²) >= 11 is 0. The Kier molecular flexibility index (Phi) is 6.95. The third kappa shape index (κ3) is 4.73. The molecule has 0 aliphatic heterocycles. The minimum absolute atomic E-state index is 0. The van der Waals surface area contributed by atoms with Gasteiger partial charge in [0.15, 0.2) is 5.03 Å². The maximum Gasteiger partial charge on any atom is 0.418 e. The molecule has 0 saturated heterocycles. The van der Waals surface area contributed by atoms with Crippen LogP contribution in [-0.4, -0.2) is 76.0 Å². The zero-order chi connectivity index (χ0) is 20.8. The van der Waals surface area contributed by atoms with Gasteiger partial charge in [0.2, 0.25) is 0 Å². The van der Waals surface area contributed by atoms with Crippen molar-refractivity contribution >= 4 is 73.1 Å². The number of halogens is 3. The topological polar surface area (TPSA) is 101 Å². The summed E-state index contributed by atoms with van der Waals surface area (Å²) in [5, 5.41) is 7.94. The van der Waals surface area contributed by atoms with Crippen LogP contribution in [-0.2, 0) is 41.9 Å². The number of urea groups is 1. The summed E-state index contributed by atoms with van der Waals surface area (Å²) < 4.78 is 64.8. The Morgan fingerprint density at radius 3 is 2.17 bits per heavy atom. The normalized spacial score (nSPS) is 15.2. The van der Waals surface area contributed by atoms with E-state index in [9.17, 15) is 26.4 Å². The van der Waals surface area contributed by atoms with Gasteiger partial charge in [-0.25, -0.2) is 9.52 Å². The zero-order valence-electron chi connectivity index (χ0n) is 16.1. The summed E-state index contributed by atoms with van der Waals surface area (Å²) in [7, 11) is -4.63. The predicted molar refractivity (Wildman–Crippen MR) is 103 cm³/mol. The number of hydrogen-bond donors (Lipinski definition) is 2. The number of nitrogens with one attached hydrogen (secondary N) is 2. The molecule has 155 valence electrons. The zero-order valence-corrected chi connectivity index (χ0v) is 20.1.